The predicted octanol–water partition coefficient (Wildman–Crippen LogP) is 2.84. The summed E-state index contributed by atoms with van der Waals surface area (Å²) < 4.78 is 11.5. The number of benzene rings is 2. The number of nitrogens with one attached hydrogen (secondary N) is 1. The third-order valence-electron chi connectivity index (χ3n) is 4.75. The molecule has 0 unspecified atom stereocenters. The molecule has 0 atom stereocenters. The number of anilines is 1. The fourth-order valence-electron chi connectivity index (χ4n) is 3.21. The third kappa shape index (κ3) is 4.56. The number of aromatic nitrogens is 5. The van der Waals surface area contributed by atoms with Gasteiger partial charge in [0.2, 0.25) is 11.6 Å². The van der Waals surface area contributed by atoms with Gasteiger partial charge in [0.25, 0.3) is 5.91 Å². The molecule has 0 radical (unpaired) electrons. The summed E-state index contributed by atoms with van der Waals surface area (Å²) in [4.78, 5) is 13.1. The van der Waals surface area contributed by atoms with E-state index >= 15 is 0 Å². The first-order valence-electron chi connectivity index (χ1n) is 10.3. The summed E-state index contributed by atoms with van der Waals surface area (Å²) in [5, 5.41) is 19.8. The van der Waals surface area contributed by atoms with Gasteiger partial charge in [0, 0.05) is 5.56 Å². The lowest BCUT2D eigenvalue weighted by molar-refractivity contribution is 0.0950. The van der Waals surface area contributed by atoms with Gasteiger partial charge in [-0.05, 0) is 53.5 Å². The molecule has 0 spiro atoms. The van der Waals surface area contributed by atoms with Crippen LogP contribution < -0.4 is 15.9 Å². The molecule has 0 fully saturated rings. The minimum atomic E-state index is -0.540. The fraction of sp³-hybridized carbons (Fsp3) is 0.182. The van der Waals surface area contributed by atoms with Gasteiger partial charge in [0.15, 0.2) is 5.69 Å². The molecule has 168 valence electrons. The highest BCUT2D eigenvalue weighted by Gasteiger charge is 2.25. The molecule has 4 rings (SSSR count). The molecule has 2 aromatic heterocycles. The number of carbonyl (C=O) groups excluding carboxylic acids is 1. The molecule has 0 bridgehead atoms. The van der Waals surface area contributed by atoms with Crippen molar-refractivity contribution >= 4 is 17.4 Å². The Labute approximate surface area is 189 Å². The molecular weight excluding hydrogens is 424 g/mol. The molecule has 33 heavy (non-hydrogen) atoms. The largest absolute Gasteiger partial charge is 0.494 e. The van der Waals surface area contributed by atoms with Gasteiger partial charge in [0.1, 0.15) is 11.4 Å². The van der Waals surface area contributed by atoms with Crippen LogP contribution in [0.1, 0.15) is 36.3 Å². The highest BCUT2D eigenvalue weighted by molar-refractivity contribution is 6.03. The van der Waals surface area contributed by atoms with Gasteiger partial charge in [-0.25, -0.2) is 10.1 Å². The van der Waals surface area contributed by atoms with Gasteiger partial charge in [-0.1, -0.05) is 42.5 Å². The van der Waals surface area contributed by atoms with Crippen molar-refractivity contribution in [3.05, 3.63) is 65.9 Å². The minimum Gasteiger partial charge on any atom is -0.494 e. The summed E-state index contributed by atoms with van der Waals surface area (Å²) in [7, 11) is 0. The molecule has 0 aliphatic rings. The number of nitrogen functional groups attached to an aromatic ring is 1. The van der Waals surface area contributed by atoms with E-state index in [0.717, 1.165) is 11.3 Å². The maximum atomic E-state index is 13.1. The van der Waals surface area contributed by atoms with Crippen molar-refractivity contribution in [2.45, 2.75) is 20.3 Å². The number of hydrogen-bond donors (Lipinski definition) is 2. The SMILES string of the molecule is CCOc1ccc(-c2c(C(=O)N/N=C(/CC)c3ccccc3)nnn2-c2nonc2N)cc1. The van der Waals surface area contributed by atoms with Gasteiger partial charge in [-0.3, -0.25) is 4.79 Å². The summed E-state index contributed by atoms with van der Waals surface area (Å²) in [5.74, 6) is 0.276. The highest BCUT2D eigenvalue weighted by Crippen LogP contribution is 2.28. The van der Waals surface area contributed by atoms with Crippen LogP contribution in [0.5, 0.6) is 5.75 Å². The molecular formula is C22H22N8O3. The Bertz CT molecular complexity index is 1260. The van der Waals surface area contributed by atoms with Crippen LogP contribution in [-0.2, 0) is 0 Å². The second kappa shape index (κ2) is 9.73. The Morgan fingerprint density at radius 3 is 2.52 bits per heavy atom. The lowest BCUT2D eigenvalue weighted by Gasteiger charge is -2.08. The molecule has 3 N–H and O–H groups in total. The van der Waals surface area contributed by atoms with E-state index in [1.807, 2.05) is 44.2 Å². The number of amides is 1. The smallest absolute Gasteiger partial charge is 0.294 e. The molecule has 11 heteroatoms. The number of nitrogens with two attached hydrogens (primary N) is 1. The average Bonchev–Trinajstić information content (AvgIpc) is 3.47. The van der Waals surface area contributed by atoms with Crippen LogP contribution in [0.3, 0.4) is 0 Å². The van der Waals surface area contributed by atoms with Gasteiger partial charge in [-0.15, -0.1) is 5.10 Å². The minimum absolute atomic E-state index is 0.00872. The van der Waals surface area contributed by atoms with Gasteiger partial charge < -0.3 is 10.5 Å². The molecule has 4 aromatic rings. The zero-order valence-corrected chi connectivity index (χ0v) is 18.1. The lowest BCUT2D eigenvalue weighted by Crippen LogP contribution is -2.21. The molecule has 0 aliphatic heterocycles. The normalized spacial score (nSPS) is 11.4. The fourth-order valence-corrected chi connectivity index (χ4v) is 3.21. The van der Waals surface area contributed by atoms with E-state index in [1.165, 1.54) is 4.68 Å². The first-order chi connectivity index (χ1) is 16.1. The van der Waals surface area contributed by atoms with E-state index in [0.29, 0.717) is 30.0 Å². The van der Waals surface area contributed by atoms with E-state index < -0.39 is 5.91 Å². The van der Waals surface area contributed by atoms with Crippen LogP contribution in [0, 0.1) is 0 Å². The zero-order chi connectivity index (χ0) is 23.2. The Kier molecular flexibility index (Phi) is 6.39. The van der Waals surface area contributed by atoms with E-state index in [4.69, 9.17) is 15.1 Å². The van der Waals surface area contributed by atoms with Crippen molar-refractivity contribution in [3.8, 4) is 22.8 Å². The highest BCUT2D eigenvalue weighted by atomic mass is 16.6. The lowest BCUT2D eigenvalue weighted by atomic mass is 10.1. The average molecular weight is 446 g/mol. The van der Waals surface area contributed by atoms with E-state index in [-0.39, 0.29) is 17.3 Å². The topological polar surface area (TPSA) is 146 Å². The van der Waals surface area contributed by atoms with E-state index in [9.17, 15) is 4.79 Å². The summed E-state index contributed by atoms with van der Waals surface area (Å²) in [6.07, 6.45) is 0.629. The Hall–Kier alpha value is -4.54. The van der Waals surface area contributed by atoms with Crippen molar-refractivity contribution in [2.75, 3.05) is 12.3 Å². The summed E-state index contributed by atoms with van der Waals surface area (Å²) in [6, 6.07) is 16.7. The summed E-state index contributed by atoms with van der Waals surface area (Å²) in [5.41, 5.74) is 11.1. The van der Waals surface area contributed by atoms with Crippen LogP contribution in [0.2, 0.25) is 0 Å². The van der Waals surface area contributed by atoms with Crippen LogP contribution in [0.15, 0.2) is 64.3 Å². The Morgan fingerprint density at radius 2 is 1.88 bits per heavy atom. The maximum absolute atomic E-state index is 13.1. The number of hydrogen-bond acceptors (Lipinski definition) is 9. The zero-order valence-electron chi connectivity index (χ0n) is 18.1. The standard InChI is InChI=1S/C22H22N8O3/c1-3-17(14-8-6-5-7-9-14)24-26-22(31)18-19(15-10-12-16(13-11-15)32-4-2)30(29-25-18)21-20(23)27-33-28-21/h5-13H,3-4H2,1-2H3,(H2,23,27)(H,26,31)/b24-17-. The van der Waals surface area contributed by atoms with E-state index in [2.05, 4.69) is 31.2 Å². The second-order valence-corrected chi connectivity index (χ2v) is 6.85. The summed E-state index contributed by atoms with van der Waals surface area (Å²) >= 11 is 0. The Balaban J connectivity index is 1.72. The van der Waals surface area contributed by atoms with Crippen LogP contribution in [-0.4, -0.2) is 43.5 Å². The van der Waals surface area contributed by atoms with Gasteiger partial charge >= 0.3 is 0 Å². The number of hydrazone groups is 1. The monoisotopic (exact) mass is 446 g/mol. The molecule has 0 saturated carbocycles. The van der Waals surface area contributed by atoms with Crippen LogP contribution in [0.25, 0.3) is 17.1 Å². The van der Waals surface area contributed by atoms with Crippen molar-refractivity contribution in [2.24, 2.45) is 5.10 Å². The Morgan fingerprint density at radius 1 is 1.12 bits per heavy atom. The maximum Gasteiger partial charge on any atom is 0.294 e. The van der Waals surface area contributed by atoms with Crippen molar-refractivity contribution in [1.29, 1.82) is 0 Å². The van der Waals surface area contributed by atoms with Gasteiger partial charge in [0.05, 0.1) is 12.3 Å². The first-order valence-corrected chi connectivity index (χ1v) is 10.3. The quantitative estimate of drug-likeness (QED) is 0.310. The summed E-state index contributed by atoms with van der Waals surface area (Å²) in [6.45, 7) is 4.39. The number of nitrogens with zero attached hydrogens (tertiary/aromatic N) is 6. The number of rotatable bonds is 8. The number of ether oxygens (including phenoxy) is 1. The van der Waals surface area contributed by atoms with Crippen molar-refractivity contribution < 1.29 is 14.2 Å². The van der Waals surface area contributed by atoms with Gasteiger partial charge in [-0.2, -0.15) is 9.78 Å². The van der Waals surface area contributed by atoms with Crippen LogP contribution >= 0.6 is 0 Å². The molecule has 0 saturated heterocycles. The molecule has 11 nitrogen and oxygen atoms in total. The first kappa shape index (κ1) is 21.7. The number of carbonyl (C=O) groups is 1. The molecule has 2 heterocycles. The third-order valence-corrected chi connectivity index (χ3v) is 4.75. The molecule has 1 amide bonds. The molecule has 0 aliphatic carbocycles. The second-order valence-electron chi connectivity index (χ2n) is 6.85. The van der Waals surface area contributed by atoms with Crippen molar-refractivity contribution in [1.82, 2.24) is 30.7 Å². The van der Waals surface area contributed by atoms with Crippen molar-refractivity contribution in [3.63, 3.8) is 0 Å². The van der Waals surface area contributed by atoms with E-state index in [1.54, 1.807) is 24.3 Å². The molecule has 2 aromatic carbocycles. The van der Waals surface area contributed by atoms with Crippen LogP contribution in [0.4, 0.5) is 5.82 Å². The predicted molar refractivity (Wildman–Crippen MR) is 121 cm³/mol.